The van der Waals surface area contributed by atoms with E-state index in [9.17, 15) is 13.2 Å². The minimum Gasteiger partial charge on any atom is -0.372 e. The number of nitrogens with one attached hydrogen (secondary N) is 1. The van der Waals surface area contributed by atoms with Crippen LogP contribution in [0.2, 0.25) is 0 Å². The number of hydrogen-bond acceptors (Lipinski definition) is 3. The summed E-state index contributed by atoms with van der Waals surface area (Å²) in [5, 5.41) is 3.34. The SMILES string of the molecule is FC(F)(F)COCCCNC1CCCSC1. The molecule has 1 saturated heterocycles. The van der Waals surface area contributed by atoms with Crippen LogP contribution in [0.25, 0.3) is 0 Å². The molecule has 16 heavy (non-hydrogen) atoms. The molecule has 0 bridgehead atoms. The van der Waals surface area contributed by atoms with E-state index >= 15 is 0 Å². The van der Waals surface area contributed by atoms with Crippen molar-refractivity contribution in [2.24, 2.45) is 0 Å². The van der Waals surface area contributed by atoms with Crippen LogP contribution in [0.3, 0.4) is 0 Å². The van der Waals surface area contributed by atoms with Gasteiger partial charge >= 0.3 is 6.18 Å². The van der Waals surface area contributed by atoms with Crippen molar-refractivity contribution >= 4 is 11.8 Å². The first-order valence-corrected chi connectivity index (χ1v) is 6.69. The molecule has 1 fully saturated rings. The molecule has 2 nitrogen and oxygen atoms in total. The minimum absolute atomic E-state index is 0.173. The second kappa shape index (κ2) is 7.40. The Morgan fingerprint density at radius 1 is 1.38 bits per heavy atom. The molecule has 0 aliphatic carbocycles. The van der Waals surface area contributed by atoms with E-state index in [1.807, 2.05) is 11.8 Å². The Kier molecular flexibility index (Phi) is 6.53. The number of hydrogen-bond donors (Lipinski definition) is 1. The van der Waals surface area contributed by atoms with Gasteiger partial charge in [0, 0.05) is 18.4 Å². The molecular weight excluding hydrogens is 239 g/mol. The van der Waals surface area contributed by atoms with Crippen molar-refractivity contribution in [3.05, 3.63) is 0 Å². The minimum atomic E-state index is -4.20. The molecular formula is C10H18F3NOS. The lowest BCUT2D eigenvalue weighted by Gasteiger charge is -2.22. The molecule has 1 rings (SSSR count). The third-order valence-corrected chi connectivity index (χ3v) is 3.54. The van der Waals surface area contributed by atoms with Crippen LogP contribution in [-0.2, 0) is 4.74 Å². The summed E-state index contributed by atoms with van der Waals surface area (Å²) in [6.45, 7) is -0.220. The van der Waals surface area contributed by atoms with Crippen molar-refractivity contribution in [2.45, 2.75) is 31.5 Å². The fourth-order valence-corrected chi connectivity index (χ4v) is 2.68. The molecule has 0 radical (unpaired) electrons. The highest BCUT2D eigenvalue weighted by Crippen LogP contribution is 2.17. The van der Waals surface area contributed by atoms with Gasteiger partial charge < -0.3 is 10.1 Å². The van der Waals surface area contributed by atoms with Crippen molar-refractivity contribution in [3.63, 3.8) is 0 Å². The van der Waals surface area contributed by atoms with Crippen molar-refractivity contribution in [3.8, 4) is 0 Å². The molecule has 1 aliphatic rings. The van der Waals surface area contributed by atoms with Gasteiger partial charge in [0.25, 0.3) is 0 Å². The maximum absolute atomic E-state index is 11.7. The maximum Gasteiger partial charge on any atom is 0.411 e. The summed E-state index contributed by atoms with van der Waals surface area (Å²) in [6, 6.07) is 0.529. The second-order valence-corrected chi connectivity index (χ2v) is 5.04. The monoisotopic (exact) mass is 257 g/mol. The normalized spacial score (nSPS) is 22.3. The van der Waals surface area contributed by atoms with Gasteiger partial charge in [-0.25, -0.2) is 0 Å². The predicted molar refractivity (Wildman–Crippen MR) is 59.8 cm³/mol. The second-order valence-electron chi connectivity index (χ2n) is 3.89. The molecule has 96 valence electrons. The lowest BCUT2D eigenvalue weighted by molar-refractivity contribution is -0.173. The topological polar surface area (TPSA) is 21.3 Å². The van der Waals surface area contributed by atoms with Gasteiger partial charge in [-0.05, 0) is 31.6 Å². The van der Waals surface area contributed by atoms with Gasteiger partial charge in [0.05, 0.1) is 0 Å². The van der Waals surface area contributed by atoms with E-state index < -0.39 is 12.8 Å². The zero-order valence-corrected chi connectivity index (χ0v) is 10.0. The highest BCUT2D eigenvalue weighted by atomic mass is 32.2. The van der Waals surface area contributed by atoms with Crippen LogP contribution in [0.15, 0.2) is 0 Å². The van der Waals surface area contributed by atoms with E-state index in [1.165, 1.54) is 18.6 Å². The Labute approximate surface area is 98.3 Å². The first kappa shape index (κ1) is 14.1. The standard InChI is InChI=1S/C10H18F3NOS/c11-10(12,13)8-15-5-2-4-14-9-3-1-6-16-7-9/h9,14H,1-8H2. The Morgan fingerprint density at radius 3 is 2.81 bits per heavy atom. The van der Waals surface area contributed by atoms with Crippen LogP contribution < -0.4 is 5.32 Å². The van der Waals surface area contributed by atoms with Gasteiger partial charge in [-0.3, -0.25) is 0 Å². The highest BCUT2D eigenvalue weighted by Gasteiger charge is 2.27. The quantitative estimate of drug-likeness (QED) is 0.738. The summed E-state index contributed by atoms with van der Waals surface area (Å²) >= 11 is 1.93. The summed E-state index contributed by atoms with van der Waals surface area (Å²) in [6.07, 6.45) is -1.16. The van der Waals surface area contributed by atoms with E-state index in [0.29, 0.717) is 12.5 Å². The van der Waals surface area contributed by atoms with Crippen LogP contribution in [0.4, 0.5) is 13.2 Å². The molecule has 1 N–H and O–H groups in total. The lowest BCUT2D eigenvalue weighted by atomic mass is 10.2. The van der Waals surface area contributed by atoms with E-state index in [-0.39, 0.29) is 6.61 Å². The van der Waals surface area contributed by atoms with Crippen molar-refractivity contribution in [2.75, 3.05) is 31.3 Å². The Morgan fingerprint density at radius 2 is 2.19 bits per heavy atom. The first-order chi connectivity index (χ1) is 7.58. The number of ether oxygens (including phenoxy) is 1. The van der Waals surface area contributed by atoms with Crippen LogP contribution in [0, 0.1) is 0 Å². The molecule has 0 aromatic heterocycles. The van der Waals surface area contributed by atoms with E-state index in [0.717, 1.165) is 12.3 Å². The van der Waals surface area contributed by atoms with Gasteiger partial charge in [0.2, 0.25) is 0 Å². The van der Waals surface area contributed by atoms with Crippen LogP contribution in [0.5, 0.6) is 0 Å². The maximum atomic E-state index is 11.7. The average Bonchev–Trinajstić information content (AvgIpc) is 2.23. The van der Waals surface area contributed by atoms with Gasteiger partial charge in [0.15, 0.2) is 0 Å². The van der Waals surface area contributed by atoms with Crippen LogP contribution in [-0.4, -0.2) is 43.5 Å². The Hall–Kier alpha value is 0.0600. The third-order valence-electron chi connectivity index (χ3n) is 2.32. The summed E-state index contributed by atoms with van der Waals surface area (Å²) in [5.74, 6) is 2.34. The zero-order chi connectivity index (χ0) is 11.9. The largest absolute Gasteiger partial charge is 0.411 e. The highest BCUT2D eigenvalue weighted by molar-refractivity contribution is 7.99. The van der Waals surface area contributed by atoms with E-state index in [1.54, 1.807) is 0 Å². The smallest absolute Gasteiger partial charge is 0.372 e. The van der Waals surface area contributed by atoms with E-state index in [4.69, 9.17) is 0 Å². The van der Waals surface area contributed by atoms with Crippen LogP contribution in [0.1, 0.15) is 19.3 Å². The molecule has 0 saturated carbocycles. The van der Waals surface area contributed by atoms with Gasteiger partial charge in [0.1, 0.15) is 6.61 Å². The van der Waals surface area contributed by atoms with Crippen LogP contribution >= 0.6 is 11.8 Å². The predicted octanol–water partition coefficient (Wildman–Crippen LogP) is 2.44. The fourth-order valence-electron chi connectivity index (χ4n) is 1.57. The van der Waals surface area contributed by atoms with Crippen molar-refractivity contribution in [1.82, 2.24) is 5.32 Å². The zero-order valence-electron chi connectivity index (χ0n) is 9.18. The number of halogens is 3. The van der Waals surface area contributed by atoms with Gasteiger partial charge in [-0.1, -0.05) is 0 Å². The summed E-state index contributed by atoms with van der Waals surface area (Å²) in [7, 11) is 0. The Balaban J connectivity index is 1.87. The molecule has 1 unspecified atom stereocenters. The molecule has 6 heteroatoms. The molecule has 1 heterocycles. The number of alkyl halides is 3. The van der Waals surface area contributed by atoms with Crippen molar-refractivity contribution in [1.29, 1.82) is 0 Å². The molecule has 1 atom stereocenters. The number of thioether (sulfide) groups is 1. The average molecular weight is 257 g/mol. The van der Waals surface area contributed by atoms with Crippen molar-refractivity contribution < 1.29 is 17.9 Å². The third kappa shape index (κ3) is 7.35. The first-order valence-electron chi connectivity index (χ1n) is 5.53. The molecule has 1 aliphatic heterocycles. The summed E-state index contributed by atoms with van der Waals surface area (Å²) in [4.78, 5) is 0. The molecule has 0 aromatic carbocycles. The molecule has 0 aromatic rings. The summed E-state index contributed by atoms with van der Waals surface area (Å²) < 4.78 is 39.7. The Bertz CT molecular complexity index is 183. The van der Waals surface area contributed by atoms with E-state index in [2.05, 4.69) is 10.1 Å². The fraction of sp³-hybridized carbons (Fsp3) is 1.00. The summed E-state index contributed by atoms with van der Waals surface area (Å²) in [5.41, 5.74) is 0. The van der Waals surface area contributed by atoms with Gasteiger partial charge in [-0.2, -0.15) is 24.9 Å². The molecule has 0 spiro atoms. The molecule has 0 amide bonds. The number of rotatable bonds is 6. The van der Waals surface area contributed by atoms with Gasteiger partial charge in [-0.15, -0.1) is 0 Å². The lowest BCUT2D eigenvalue weighted by Crippen LogP contribution is -2.34.